The minimum atomic E-state index is -0.0832. The van der Waals surface area contributed by atoms with Crippen molar-refractivity contribution in [2.45, 2.75) is 13.8 Å². The van der Waals surface area contributed by atoms with Crippen LogP contribution in [0.3, 0.4) is 0 Å². The number of rotatable bonds is 3. The van der Waals surface area contributed by atoms with Crippen LogP contribution in [0.15, 0.2) is 4.52 Å². The first-order valence-corrected chi connectivity index (χ1v) is 6.53. The molecule has 0 N–H and O–H groups in total. The molecule has 0 aromatic carbocycles. The molecule has 2 heterocycles. The van der Waals surface area contributed by atoms with Gasteiger partial charge in [0.15, 0.2) is 0 Å². The van der Waals surface area contributed by atoms with E-state index in [9.17, 15) is 9.59 Å². The Morgan fingerprint density at radius 1 is 1.20 bits per heavy atom. The van der Waals surface area contributed by atoms with Crippen molar-refractivity contribution in [2.24, 2.45) is 0 Å². The van der Waals surface area contributed by atoms with Crippen molar-refractivity contribution in [3.63, 3.8) is 0 Å². The lowest BCUT2D eigenvalue weighted by Crippen LogP contribution is -2.51. The molecule has 7 nitrogen and oxygen atoms in total. The normalized spacial score (nSPS) is 15.6. The van der Waals surface area contributed by atoms with Gasteiger partial charge < -0.3 is 19.1 Å². The van der Waals surface area contributed by atoms with E-state index in [2.05, 4.69) is 5.16 Å². The first-order valence-electron chi connectivity index (χ1n) is 6.53. The molecule has 0 saturated carbocycles. The molecular formula is C13H19N3O4. The second-order valence-electron chi connectivity index (χ2n) is 4.81. The maximum Gasteiger partial charge on any atom is 0.259 e. The number of carbonyl (C=O) groups is 2. The van der Waals surface area contributed by atoms with Crippen LogP contribution >= 0.6 is 0 Å². The molecule has 1 fully saturated rings. The van der Waals surface area contributed by atoms with Crippen LogP contribution in [0.5, 0.6) is 0 Å². The molecule has 0 aliphatic carbocycles. The van der Waals surface area contributed by atoms with Crippen LogP contribution in [0.25, 0.3) is 0 Å². The summed E-state index contributed by atoms with van der Waals surface area (Å²) in [5.41, 5.74) is 1.13. The predicted molar refractivity (Wildman–Crippen MR) is 70.3 cm³/mol. The lowest BCUT2D eigenvalue weighted by molar-refractivity contribution is -0.136. The van der Waals surface area contributed by atoms with E-state index in [0.29, 0.717) is 43.2 Å². The maximum absolute atomic E-state index is 12.4. The van der Waals surface area contributed by atoms with Crippen LogP contribution < -0.4 is 0 Å². The Kier molecular flexibility index (Phi) is 4.39. The molecule has 1 saturated heterocycles. The van der Waals surface area contributed by atoms with Crippen molar-refractivity contribution in [2.75, 3.05) is 39.9 Å². The highest BCUT2D eigenvalue weighted by molar-refractivity contribution is 5.96. The average Bonchev–Trinajstić information content (AvgIpc) is 2.78. The molecule has 0 spiro atoms. The zero-order chi connectivity index (χ0) is 14.7. The highest BCUT2D eigenvalue weighted by atomic mass is 16.5. The van der Waals surface area contributed by atoms with Gasteiger partial charge in [0, 0.05) is 33.3 Å². The van der Waals surface area contributed by atoms with Crippen molar-refractivity contribution < 1.29 is 18.8 Å². The van der Waals surface area contributed by atoms with Gasteiger partial charge in [0.2, 0.25) is 5.91 Å². The molecule has 0 unspecified atom stereocenters. The summed E-state index contributed by atoms with van der Waals surface area (Å²) >= 11 is 0. The van der Waals surface area contributed by atoms with Gasteiger partial charge in [-0.2, -0.15) is 0 Å². The van der Waals surface area contributed by atoms with Gasteiger partial charge in [0.1, 0.15) is 17.9 Å². The minimum absolute atomic E-state index is 0.0445. The van der Waals surface area contributed by atoms with Crippen LogP contribution in [0.4, 0.5) is 0 Å². The van der Waals surface area contributed by atoms with Crippen molar-refractivity contribution in [1.29, 1.82) is 0 Å². The van der Waals surface area contributed by atoms with Gasteiger partial charge >= 0.3 is 0 Å². The third-order valence-electron chi connectivity index (χ3n) is 3.43. The molecule has 110 valence electrons. The first-order chi connectivity index (χ1) is 9.54. The van der Waals surface area contributed by atoms with Crippen molar-refractivity contribution >= 4 is 11.8 Å². The molecule has 1 aliphatic rings. The van der Waals surface area contributed by atoms with Crippen LogP contribution in [0, 0.1) is 13.8 Å². The molecule has 1 aromatic heterocycles. The fraction of sp³-hybridized carbons (Fsp3) is 0.615. The van der Waals surface area contributed by atoms with E-state index in [1.54, 1.807) is 23.6 Å². The molecule has 0 radical (unpaired) electrons. The summed E-state index contributed by atoms with van der Waals surface area (Å²) in [4.78, 5) is 27.5. The Morgan fingerprint density at radius 2 is 1.80 bits per heavy atom. The number of amides is 2. The summed E-state index contributed by atoms with van der Waals surface area (Å²) in [6, 6.07) is 0. The second kappa shape index (κ2) is 6.04. The Hall–Kier alpha value is -1.89. The molecular weight excluding hydrogens is 262 g/mol. The summed E-state index contributed by atoms with van der Waals surface area (Å²) in [7, 11) is 1.50. The Bertz CT molecular complexity index is 484. The number of nitrogens with zero attached hydrogens (tertiary/aromatic N) is 3. The highest BCUT2D eigenvalue weighted by Gasteiger charge is 2.28. The molecule has 1 aromatic rings. The third-order valence-corrected chi connectivity index (χ3v) is 3.43. The second-order valence-corrected chi connectivity index (χ2v) is 4.81. The standard InChI is InChI=1S/C13H19N3O4/c1-9-12(10(2)20-14-9)13(18)16-6-4-15(5-7-16)11(17)8-19-3/h4-8H2,1-3H3. The van der Waals surface area contributed by atoms with Gasteiger partial charge in [-0.1, -0.05) is 5.16 Å². The first kappa shape index (κ1) is 14.5. The van der Waals surface area contributed by atoms with Gasteiger partial charge in [-0.3, -0.25) is 9.59 Å². The number of aryl methyl sites for hydroxylation is 2. The summed E-state index contributed by atoms with van der Waals surface area (Å²) in [6.07, 6.45) is 0. The van der Waals surface area contributed by atoms with E-state index in [1.807, 2.05) is 0 Å². The van der Waals surface area contributed by atoms with E-state index in [-0.39, 0.29) is 18.4 Å². The molecule has 2 rings (SSSR count). The Morgan fingerprint density at radius 3 is 2.30 bits per heavy atom. The van der Waals surface area contributed by atoms with Gasteiger partial charge in [0.25, 0.3) is 5.91 Å². The fourth-order valence-corrected chi connectivity index (χ4v) is 2.32. The topological polar surface area (TPSA) is 75.9 Å². The van der Waals surface area contributed by atoms with Crippen LogP contribution in [0.2, 0.25) is 0 Å². The average molecular weight is 281 g/mol. The molecule has 1 aliphatic heterocycles. The van der Waals surface area contributed by atoms with E-state index in [1.165, 1.54) is 7.11 Å². The number of hydrogen-bond acceptors (Lipinski definition) is 5. The number of hydrogen-bond donors (Lipinski definition) is 0. The van der Waals surface area contributed by atoms with Gasteiger partial charge in [-0.15, -0.1) is 0 Å². The van der Waals surface area contributed by atoms with Gasteiger partial charge in [0.05, 0.1) is 5.69 Å². The number of aromatic nitrogens is 1. The third kappa shape index (κ3) is 2.82. The quantitative estimate of drug-likeness (QED) is 0.792. The highest BCUT2D eigenvalue weighted by Crippen LogP contribution is 2.16. The number of piperazine rings is 1. The van der Waals surface area contributed by atoms with Crippen LogP contribution in [0.1, 0.15) is 21.8 Å². The molecule has 20 heavy (non-hydrogen) atoms. The van der Waals surface area contributed by atoms with Crippen LogP contribution in [-0.4, -0.2) is 66.7 Å². The predicted octanol–water partition coefficient (Wildman–Crippen LogP) is 0.222. The smallest absolute Gasteiger partial charge is 0.259 e. The van der Waals surface area contributed by atoms with E-state index < -0.39 is 0 Å². The summed E-state index contributed by atoms with van der Waals surface area (Å²) in [6.45, 7) is 5.64. The molecule has 2 amide bonds. The Balaban J connectivity index is 1.97. The van der Waals surface area contributed by atoms with Crippen molar-refractivity contribution in [3.05, 3.63) is 17.0 Å². The van der Waals surface area contributed by atoms with Crippen LogP contribution in [-0.2, 0) is 9.53 Å². The molecule has 7 heteroatoms. The number of ether oxygens (including phenoxy) is 1. The van der Waals surface area contributed by atoms with Gasteiger partial charge in [-0.05, 0) is 13.8 Å². The SMILES string of the molecule is COCC(=O)N1CCN(C(=O)c2c(C)noc2C)CC1. The monoisotopic (exact) mass is 281 g/mol. The maximum atomic E-state index is 12.4. The lowest BCUT2D eigenvalue weighted by atomic mass is 10.1. The van der Waals surface area contributed by atoms with E-state index in [4.69, 9.17) is 9.26 Å². The zero-order valence-corrected chi connectivity index (χ0v) is 12.0. The summed E-state index contributed by atoms with van der Waals surface area (Å²) in [5, 5.41) is 3.80. The van der Waals surface area contributed by atoms with E-state index in [0.717, 1.165) is 0 Å². The van der Waals surface area contributed by atoms with Crippen molar-refractivity contribution in [3.8, 4) is 0 Å². The largest absolute Gasteiger partial charge is 0.375 e. The minimum Gasteiger partial charge on any atom is -0.375 e. The summed E-state index contributed by atoms with van der Waals surface area (Å²) < 4.78 is 9.85. The summed E-state index contributed by atoms with van der Waals surface area (Å²) in [5.74, 6) is 0.405. The molecule has 0 atom stereocenters. The fourth-order valence-electron chi connectivity index (χ4n) is 2.32. The lowest BCUT2D eigenvalue weighted by Gasteiger charge is -2.34. The van der Waals surface area contributed by atoms with Gasteiger partial charge in [-0.25, -0.2) is 0 Å². The Labute approximate surface area is 117 Å². The van der Waals surface area contributed by atoms with E-state index >= 15 is 0 Å². The zero-order valence-electron chi connectivity index (χ0n) is 12.0. The number of carbonyl (C=O) groups excluding carboxylic acids is 2. The van der Waals surface area contributed by atoms with Crippen molar-refractivity contribution in [1.82, 2.24) is 15.0 Å². The molecule has 0 bridgehead atoms. The number of methoxy groups -OCH3 is 1.